The Bertz CT molecular complexity index is 1760. The van der Waals surface area contributed by atoms with E-state index in [2.05, 4.69) is 91.0 Å². The third-order valence-electron chi connectivity index (χ3n) is 7.96. The minimum Gasteiger partial charge on any atom is -0.497 e. The molecule has 0 aliphatic rings. The molecule has 0 atom stereocenters. The minimum atomic E-state index is -0.936. The first-order valence-corrected chi connectivity index (χ1v) is 14.3. The lowest BCUT2D eigenvalue weighted by Gasteiger charge is -2.36. The summed E-state index contributed by atoms with van der Waals surface area (Å²) in [6.45, 7) is 0.241. The zero-order valence-electron chi connectivity index (χ0n) is 24.4. The molecule has 0 aliphatic carbocycles. The number of hydrogen-bond donors (Lipinski definition) is 1. The van der Waals surface area contributed by atoms with Gasteiger partial charge in [-0.15, -0.1) is 0 Å². The van der Waals surface area contributed by atoms with Crippen molar-refractivity contribution in [3.8, 4) is 22.6 Å². The summed E-state index contributed by atoms with van der Waals surface area (Å²) in [5, 5.41) is 12.6. The topological polar surface area (TPSA) is 47.9 Å². The standard InChI is InChI=1S/C39H34O4/c1-41-35-19-15-33(16-20-35)39(32-11-4-3-5-12-32,34-17-21-36(42-2)22-18-34)43-27-29-23-28(26-40)24-31(25-29)38-14-8-10-30-9-6-7-13-37(30)38/h3-25,40H,26-27H2,1-2H3. The second-order valence-electron chi connectivity index (χ2n) is 10.5. The Kier molecular flexibility index (Phi) is 8.23. The zero-order chi connectivity index (χ0) is 29.6. The van der Waals surface area contributed by atoms with Crippen molar-refractivity contribution in [2.75, 3.05) is 14.2 Å². The molecule has 0 aromatic heterocycles. The molecule has 0 saturated heterocycles. The van der Waals surface area contributed by atoms with Gasteiger partial charge < -0.3 is 19.3 Å². The summed E-state index contributed by atoms with van der Waals surface area (Å²) in [4.78, 5) is 0. The summed E-state index contributed by atoms with van der Waals surface area (Å²) in [6, 6.07) is 47.3. The van der Waals surface area contributed by atoms with E-state index in [1.807, 2.05) is 48.5 Å². The van der Waals surface area contributed by atoms with Crippen LogP contribution in [-0.4, -0.2) is 19.3 Å². The van der Waals surface area contributed by atoms with Crippen molar-refractivity contribution in [2.24, 2.45) is 0 Å². The predicted octanol–water partition coefficient (Wildman–Crippen LogP) is 8.53. The number of aliphatic hydroxyl groups excluding tert-OH is 1. The molecular formula is C39H34O4. The number of fused-ring (bicyclic) bond motifs is 1. The first kappa shape index (κ1) is 28.2. The van der Waals surface area contributed by atoms with E-state index in [4.69, 9.17) is 14.2 Å². The van der Waals surface area contributed by atoms with Crippen LogP contribution in [0.3, 0.4) is 0 Å². The lowest BCUT2D eigenvalue weighted by Crippen LogP contribution is -2.32. The first-order valence-electron chi connectivity index (χ1n) is 14.3. The number of hydrogen-bond acceptors (Lipinski definition) is 4. The van der Waals surface area contributed by atoms with E-state index in [9.17, 15) is 5.11 Å². The monoisotopic (exact) mass is 566 g/mol. The molecule has 0 amide bonds. The quantitative estimate of drug-likeness (QED) is 0.169. The Morgan fingerprint density at radius 3 is 1.74 bits per heavy atom. The molecule has 6 aromatic carbocycles. The van der Waals surface area contributed by atoms with Crippen molar-refractivity contribution in [1.82, 2.24) is 0 Å². The third-order valence-corrected chi connectivity index (χ3v) is 7.96. The molecule has 1 N–H and O–H groups in total. The third kappa shape index (κ3) is 5.63. The van der Waals surface area contributed by atoms with Crippen LogP contribution >= 0.6 is 0 Å². The van der Waals surface area contributed by atoms with Gasteiger partial charge in [0.15, 0.2) is 0 Å². The Balaban J connectivity index is 1.49. The van der Waals surface area contributed by atoms with E-state index < -0.39 is 5.60 Å². The summed E-state index contributed by atoms with van der Waals surface area (Å²) in [5.74, 6) is 1.55. The van der Waals surface area contributed by atoms with Crippen LogP contribution in [0.5, 0.6) is 11.5 Å². The highest BCUT2D eigenvalue weighted by Crippen LogP contribution is 2.42. The maximum Gasteiger partial charge on any atom is 0.144 e. The van der Waals surface area contributed by atoms with Crippen LogP contribution in [0.15, 0.2) is 140 Å². The smallest absolute Gasteiger partial charge is 0.144 e. The molecule has 6 aromatic rings. The van der Waals surface area contributed by atoms with E-state index in [0.29, 0.717) is 6.61 Å². The summed E-state index contributed by atoms with van der Waals surface area (Å²) in [5.41, 5.74) is 5.97. The molecule has 0 radical (unpaired) electrons. The Morgan fingerprint density at radius 1 is 0.558 bits per heavy atom. The van der Waals surface area contributed by atoms with Crippen LogP contribution in [0.1, 0.15) is 27.8 Å². The summed E-state index contributed by atoms with van der Waals surface area (Å²) >= 11 is 0. The summed E-state index contributed by atoms with van der Waals surface area (Å²) in [6.07, 6.45) is 0. The van der Waals surface area contributed by atoms with Gasteiger partial charge in [0, 0.05) is 0 Å². The van der Waals surface area contributed by atoms with Gasteiger partial charge in [0.25, 0.3) is 0 Å². The fourth-order valence-corrected chi connectivity index (χ4v) is 5.84. The highest BCUT2D eigenvalue weighted by atomic mass is 16.5. The molecule has 214 valence electrons. The number of rotatable bonds is 10. The van der Waals surface area contributed by atoms with Crippen molar-refractivity contribution < 1.29 is 19.3 Å². The van der Waals surface area contributed by atoms with Gasteiger partial charge in [-0.1, -0.05) is 103 Å². The lowest BCUT2D eigenvalue weighted by atomic mass is 9.80. The summed E-state index contributed by atoms with van der Waals surface area (Å²) < 4.78 is 18.1. The van der Waals surface area contributed by atoms with Crippen molar-refractivity contribution in [3.05, 3.63) is 167 Å². The van der Waals surface area contributed by atoms with Gasteiger partial charge >= 0.3 is 0 Å². The highest BCUT2D eigenvalue weighted by Gasteiger charge is 2.38. The van der Waals surface area contributed by atoms with Crippen LogP contribution in [0, 0.1) is 0 Å². The van der Waals surface area contributed by atoms with Crippen LogP contribution in [0.25, 0.3) is 21.9 Å². The molecule has 4 nitrogen and oxygen atoms in total. The maximum absolute atomic E-state index is 10.2. The lowest BCUT2D eigenvalue weighted by molar-refractivity contribution is 0.000159. The number of aliphatic hydroxyl groups is 1. The van der Waals surface area contributed by atoms with Gasteiger partial charge in [-0.05, 0) is 86.1 Å². The van der Waals surface area contributed by atoms with Gasteiger partial charge in [-0.3, -0.25) is 0 Å². The van der Waals surface area contributed by atoms with E-state index in [-0.39, 0.29) is 6.61 Å². The fourth-order valence-electron chi connectivity index (χ4n) is 5.84. The number of ether oxygens (including phenoxy) is 3. The molecule has 43 heavy (non-hydrogen) atoms. The van der Waals surface area contributed by atoms with E-state index in [0.717, 1.165) is 50.4 Å². The van der Waals surface area contributed by atoms with Crippen LogP contribution in [0.4, 0.5) is 0 Å². The van der Waals surface area contributed by atoms with Crippen molar-refractivity contribution in [3.63, 3.8) is 0 Å². The minimum absolute atomic E-state index is 0.0631. The van der Waals surface area contributed by atoms with Crippen LogP contribution in [0.2, 0.25) is 0 Å². The molecule has 0 aliphatic heterocycles. The average molecular weight is 567 g/mol. The molecule has 0 spiro atoms. The molecule has 0 heterocycles. The van der Waals surface area contributed by atoms with Crippen molar-refractivity contribution in [2.45, 2.75) is 18.8 Å². The van der Waals surface area contributed by atoms with Crippen molar-refractivity contribution >= 4 is 10.8 Å². The molecular weight excluding hydrogens is 532 g/mol. The Labute approximate surface area is 252 Å². The molecule has 0 saturated carbocycles. The number of benzene rings is 6. The molecule has 6 rings (SSSR count). The Hall–Kier alpha value is -4.90. The summed E-state index contributed by atoms with van der Waals surface area (Å²) in [7, 11) is 3.34. The second-order valence-corrected chi connectivity index (χ2v) is 10.5. The van der Waals surface area contributed by atoms with E-state index in [1.165, 1.54) is 10.8 Å². The van der Waals surface area contributed by atoms with Crippen LogP contribution in [-0.2, 0) is 23.6 Å². The molecule has 0 unspecified atom stereocenters. The fraction of sp³-hybridized carbons (Fsp3) is 0.128. The van der Waals surface area contributed by atoms with Crippen molar-refractivity contribution in [1.29, 1.82) is 0 Å². The molecule has 0 bridgehead atoms. The SMILES string of the molecule is COc1ccc(C(OCc2cc(CO)cc(-c3cccc4ccccc34)c2)(c2ccccc2)c2ccc(OC)cc2)cc1. The Morgan fingerprint density at radius 2 is 1.12 bits per heavy atom. The van der Waals surface area contributed by atoms with E-state index >= 15 is 0 Å². The highest BCUT2D eigenvalue weighted by molar-refractivity contribution is 5.96. The first-order chi connectivity index (χ1) is 21.1. The van der Waals surface area contributed by atoms with Gasteiger partial charge in [-0.25, -0.2) is 0 Å². The predicted molar refractivity (Wildman–Crippen MR) is 172 cm³/mol. The van der Waals surface area contributed by atoms with Gasteiger partial charge in [0.2, 0.25) is 0 Å². The van der Waals surface area contributed by atoms with Gasteiger partial charge in [0.1, 0.15) is 17.1 Å². The zero-order valence-corrected chi connectivity index (χ0v) is 24.4. The van der Waals surface area contributed by atoms with Gasteiger partial charge in [-0.2, -0.15) is 0 Å². The maximum atomic E-state index is 10.2. The second kappa shape index (κ2) is 12.5. The van der Waals surface area contributed by atoms with E-state index in [1.54, 1.807) is 14.2 Å². The number of methoxy groups -OCH3 is 2. The molecule has 4 heteroatoms. The van der Waals surface area contributed by atoms with Crippen LogP contribution < -0.4 is 9.47 Å². The largest absolute Gasteiger partial charge is 0.497 e. The molecule has 0 fully saturated rings. The van der Waals surface area contributed by atoms with Gasteiger partial charge in [0.05, 0.1) is 27.4 Å². The average Bonchev–Trinajstić information content (AvgIpc) is 3.09. The normalized spacial score (nSPS) is 11.4.